The number of hydrogen-bond acceptors (Lipinski definition) is 4. The maximum absolute atomic E-state index is 12.4. The predicted octanol–water partition coefficient (Wildman–Crippen LogP) is 5.50. The summed E-state index contributed by atoms with van der Waals surface area (Å²) in [5.74, 6) is -1.21. The van der Waals surface area contributed by atoms with E-state index in [4.69, 9.17) is 27.6 Å². The minimum atomic E-state index is -1.19. The summed E-state index contributed by atoms with van der Waals surface area (Å²) in [5, 5.41) is 21.7. The lowest BCUT2D eigenvalue weighted by molar-refractivity contribution is -0.112. The number of carbonyl (C=O) groups excluding carboxylic acids is 1. The Morgan fingerprint density at radius 2 is 1.83 bits per heavy atom. The SMILES string of the molecule is N#C/C(=C\c1ccc(-c2ccc(Cl)c(Cl)c2)o1)C(=O)Nc1ccccc1C(=O)O. The van der Waals surface area contributed by atoms with Crippen molar-refractivity contribution in [1.29, 1.82) is 5.26 Å². The Morgan fingerprint density at radius 1 is 1.07 bits per heavy atom. The first-order valence-corrected chi connectivity index (χ1v) is 8.95. The fraction of sp³-hybridized carbons (Fsp3) is 0. The second kappa shape index (κ2) is 8.65. The molecule has 144 valence electrons. The van der Waals surface area contributed by atoms with Gasteiger partial charge in [-0.3, -0.25) is 4.79 Å². The molecule has 0 spiro atoms. The number of carboxylic acid groups (broad SMARTS) is 1. The second-order valence-corrected chi connectivity index (χ2v) is 6.62. The zero-order valence-electron chi connectivity index (χ0n) is 14.6. The number of amides is 1. The highest BCUT2D eigenvalue weighted by atomic mass is 35.5. The van der Waals surface area contributed by atoms with Crippen LogP contribution in [0.1, 0.15) is 16.1 Å². The molecule has 0 aliphatic rings. The van der Waals surface area contributed by atoms with E-state index >= 15 is 0 Å². The Bertz CT molecular complexity index is 1180. The van der Waals surface area contributed by atoms with Gasteiger partial charge in [-0.15, -0.1) is 0 Å². The van der Waals surface area contributed by atoms with Crippen molar-refractivity contribution in [3.8, 4) is 17.4 Å². The molecule has 1 amide bonds. The van der Waals surface area contributed by atoms with Crippen LogP contribution in [-0.2, 0) is 4.79 Å². The van der Waals surface area contributed by atoms with Crippen molar-refractivity contribution in [1.82, 2.24) is 0 Å². The predicted molar refractivity (Wildman–Crippen MR) is 110 cm³/mol. The highest BCUT2D eigenvalue weighted by Crippen LogP contribution is 2.30. The number of aromatic carboxylic acids is 1. The van der Waals surface area contributed by atoms with E-state index in [1.807, 2.05) is 0 Å². The van der Waals surface area contributed by atoms with Gasteiger partial charge in [0.1, 0.15) is 23.2 Å². The van der Waals surface area contributed by atoms with E-state index in [2.05, 4.69) is 5.32 Å². The Balaban J connectivity index is 1.84. The first kappa shape index (κ1) is 20.2. The highest BCUT2D eigenvalue weighted by molar-refractivity contribution is 6.42. The number of benzene rings is 2. The topological polar surface area (TPSA) is 103 Å². The third kappa shape index (κ3) is 4.66. The molecule has 0 aliphatic carbocycles. The van der Waals surface area contributed by atoms with Crippen LogP contribution in [0.4, 0.5) is 5.69 Å². The number of para-hydroxylation sites is 1. The van der Waals surface area contributed by atoms with Crippen LogP contribution in [0.5, 0.6) is 0 Å². The smallest absolute Gasteiger partial charge is 0.337 e. The third-order valence-electron chi connectivity index (χ3n) is 3.89. The number of nitrogens with zero attached hydrogens (tertiary/aromatic N) is 1. The lowest BCUT2D eigenvalue weighted by Gasteiger charge is -2.07. The van der Waals surface area contributed by atoms with Crippen molar-refractivity contribution < 1.29 is 19.1 Å². The number of halogens is 2. The van der Waals surface area contributed by atoms with Gasteiger partial charge in [0.25, 0.3) is 5.91 Å². The monoisotopic (exact) mass is 426 g/mol. The molecule has 0 bridgehead atoms. The number of nitriles is 1. The summed E-state index contributed by atoms with van der Waals surface area (Å²) in [5.41, 5.74) is 0.428. The molecule has 3 rings (SSSR count). The summed E-state index contributed by atoms with van der Waals surface area (Å²) in [6.07, 6.45) is 1.26. The summed E-state index contributed by atoms with van der Waals surface area (Å²) >= 11 is 11.9. The van der Waals surface area contributed by atoms with Gasteiger partial charge < -0.3 is 14.8 Å². The van der Waals surface area contributed by atoms with Gasteiger partial charge in [-0.05, 0) is 42.5 Å². The number of carboxylic acids is 1. The van der Waals surface area contributed by atoms with Crippen LogP contribution in [0.3, 0.4) is 0 Å². The van der Waals surface area contributed by atoms with Crippen molar-refractivity contribution >= 4 is 46.8 Å². The minimum absolute atomic E-state index is 0.0851. The molecule has 3 aromatic rings. The van der Waals surface area contributed by atoms with Crippen molar-refractivity contribution in [2.75, 3.05) is 5.32 Å². The normalized spacial score (nSPS) is 11.0. The van der Waals surface area contributed by atoms with Crippen LogP contribution in [0, 0.1) is 11.3 Å². The number of anilines is 1. The molecule has 0 radical (unpaired) electrons. The van der Waals surface area contributed by atoms with Gasteiger partial charge in [0, 0.05) is 11.6 Å². The summed E-state index contributed by atoms with van der Waals surface area (Å²) in [4.78, 5) is 23.7. The van der Waals surface area contributed by atoms with E-state index in [1.54, 1.807) is 42.5 Å². The molecule has 0 saturated heterocycles. The Morgan fingerprint density at radius 3 is 2.52 bits per heavy atom. The van der Waals surface area contributed by atoms with Crippen LogP contribution < -0.4 is 5.32 Å². The fourth-order valence-electron chi connectivity index (χ4n) is 2.49. The lowest BCUT2D eigenvalue weighted by Crippen LogP contribution is -2.16. The molecule has 0 fully saturated rings. The van der Waals surface area contributed by atoms with Crippen LogP contribution in [0.2, 0.25) is 10.0 Å². The van der Waals surface area contributed by atoms with E-state index in [-0.39, 0.29) is 22.6 Å². The van der Waals surface area contributed by atoms with Crippen molar-refractivity contribution in [3.05, 3.63) is 81.5 Å². The summed E-state index contributed by atoms with van der Waals surface area (Å²) in [7, 11) is 0. The van der Waals surface area contributed by atoms with E-state index in [0.717, 1.165) is 0 Å². The molecular weight excluding hydrogens is 415 g/mol. The first-order chi connectivity index (χ1) is 13.9. The standard InChI is InChI=1S/C21H12Cl2N2O4/c22-16-7-5-12(10-17(16)23)19-8-6-14(29-19)9-13(11-24)20(26)25-18-4-2-1-3-15(18)21(27)28/h1-10H,(H,25,26)(H,27,28)/b13-9+. The minimum Gasteiger partial charge on any atom is -0.478 e. The molecule has 2 aromatic carbocycles. The number of rotatable bonds is 5. The maximum Gasteiger partial charge on any atom is 0.337 e. The van der Waals surface area contributed by atoms with E-state index in [1.165, 1.54) is 24.3 Å². The van der Waals surface area contributed by atoms with E-state index in [0.29, 0.717) is 21.4 Å². The number of nitrogens with one attached hydrogen (secondary N) is 1. The third-order valence-corrected chi connectivity index (χ3v) is 4.63. The van der Waals surface area contributed by atoms with Gasteiger partial charge in [0.15, 0.2) is 0 Å². The van der Waals surface area contributed by atoms with Crippen molar-refractivity contribution in [3.63, 3.8) is 0 Å². The van der Waals surface area contributed by atoms with Crippen LogP contribution in [0.15, 0.2) is 64.6 Å². The molecule has 0 unspecified atom stereocenters. The number of furan rings is 1. The van der Waals surface area contributed by atoms with Crippen molar-refractivity contribution in [2.45, 2.75) is 0 Å². The largest absolute Gasteiger partial charge is 0.478 e. The van der Waals surface area contributed by atoms with Crippen LogP contribution >= 0.6 is 23.2 Å². The van der Waals surface area contributed by atoms with Gasteiger partial charge >= 0.3 is 5.97 Å². The Hall–Kier alpha value is -3.53. The average Bonchev–Trinajstić information content (AvgIpc) is 3.17. The first-order valence-electron chi connectivity index (χ1n) is 8.20. The number of hydrogen-bond donors (Lipinski definition) is 2. The van der Waals surface area contributed by atoms with Crippen LogP contribution in [-0.4, -0.2) is 17.0 Å². The molecule has 8 heteroatoms. The van der Waals surface area contributed by atoms with E-state index < -0.39 is 11.9 Å². The van der Waals surface area contributed by atoms with Gasteiger partial charge in [0.2, 0.25) is 0 Å². The number of carbonyl (C=O) groups is 2. The van der Waals surface area contributed by atoms with Gasteiger partial charge in [0.05, 0.1) is 21.3 Å². The molecule has 29 heavy (non-hydrogen) atoms. The second-order valence-electron chi connectivity index (χ2n) is 5.81. The quantitative estimate of drug-likeness (QED) is 0.414. The zero-order chi connectivity index (χ0) is 21.0. The van der Waals surface area contributed by atoms with Crippen LogP contribution in [0.25, 0.3) is 17.4 Å². The molecule has 1 aromatic heterocycles. The van der Waals surface area contributed by atoms with E-state index in [9.17, 15) is 20.0 Å². The van der Waals surface area contributed by atoms with Gasteiger partial charge in [-0.25, -0.2) is 4.79 Å². The lowest BCUT2D eigenvalue weighted by atomic mass is 10.1. The Labute approximate surface area is 175 Å². The molecular formula is C21H12Cl2N2O4. The molecule has 6 nitrogen and oxygen atoms in total. The summed E-state index contributed by atoms with van der Waals surface area (Å²) in [6, 6.07) is 15.9. The molecule has 2 N–H and O–H groups in total. The molecule has 0 aliphatic heterocycles. The van der Waals surface area contributed by atoms with Gasteiger partial charge in [-0.1, -0.05) is 35.3 Å². The maximum atomic E-state index is 12.4. The summed E-state index contributed by atoms with van der Waals surface area (Å²) in [6.45, 7) is 0. The average molecular weight is 427 g/mol. The highest BCUT2D eigenvalue weighted by Gasteiger charge is 2.15. The summed E-state index contributed by atoms with van der Waals surface area (Å²) < 4.78 is 5.66. The zero-order valence-corrected chi connectivity index (χ0v) is 16.2. The fourth-order valence-corrected chi connectivity index (χ4v) is 2.79. The molecule has 0 saturated carbocycles. The van der Waals surface area contributed by atoms with Gasteiger partial charge in [-0.2, -0.15) is 5.26 Å². The van der Waals surface area contributed by atoms with Crippen molar-refractivity contribution in [2.24, 2.45) is 0 Å². The molecule has 0 atom stereocenters. The Kier molecular flexibility index (Phi) is 6.03. The molecule has 1 heterocycles.